The van der Waals surface area contributed by atoms with Gasteiger partial charge in [0.15, 0.2) is 0 Å². The first-order valence-electron chi connectivity index (χ1n) is 3.55. The first-order chi connectivity index (χ1) is 6.50. The molecule has 0 unspecified atom stereocenters. The summed E-state index contributed by atoms with van der Waals surface area (Å²) in [5.74, 6) is -0.0723. The van der Waals surface area contributed by atoms with Crippen molar-refractivity contribution in [1.82, 2.24) is 0 Å². The van der Waals surface area contributed by atoms with Crippen molar-refractivity contribution < 1.29 is 13.5 Å². The smallest absolute Gasteiger partial charge is 0.387 e. The molecule has 76 valence electrons. The lowest BCUT2D eigenvalue weighted by Gasteiger charge is -2.09. The van der Waals surface area contributed by atoms with E-state index in [0.29, 0.717) is 5.02 Å². The summed E-state index contributed by atoms with van der Waals surface area (Å²) in [5.41, 5.74) is 5.51. The van der Waals surface area contributed by atoms with Gasteiger partial charge in [0.05, 0.1) is 5.56 Å². The molecule has 0 aromatic heterocycles. The first-order valence-corrected chi connectivity index (χ1v) is 4.33. The minimum absolute atomic E-state index is 0.0387. The van der Waals surface area contributed by atoms with Crippen molar-refractivity contribution in [3.63, 3.8) is 0 Å². The topological polar surface area (TPSA) is 35.2 Å². The van der Waals surface area contributed by atoms with Crippen LogP contribution in [-0.2, 0) is 0 Å². The number of rotatable bonds is 3. The van der Waals surface area contributed by atoms with Crippen molar-refractivity contribution in [2.45, 2.75) is 6.61 Å². The fourth-order valence-electron chi connectivity index (χ4n) is 0.894. The van der Waals surface area contributed by atoms with Crippen molar-refractivity contribution in [1.29, 1.82) is 0 Å². The average Bonchev–Trinajstić information content (AvgIpc) is 2.07. The van der Waals surface area contributed by atoms with Gasteiger partial charge in [0.25, 0.3) is 0 Å². The van der Waals surface area contributed by atoms with E-state index in [0.717, 1.165) is 0 Å². The van der Waals surface area contributed by atoms with Gasteiger partial charge in [-0.3, -0.25) is 0 Å². The Balaban J connectivity index is 3.08. The Morgan fingerprint density at radius 1 is 1.50 bits per heavy atom. The van der Waals surface area contributed by atoms with Crippen molar-refractivity contribution in [3.05, 3.63) is 28.8 Å². The minimum atomic E-state index is -2.91. The van der Waals surface area contributed by atoms with E-state index in [1.165, 1.54) is 18.2 Å². The predicted molar refractivity (Wildman–Crippen MR) is 54.0 cm³/mol. The summed E-state index contributed by atoms with van der Waals surface area (Å²) in [6.45, 7) is -2.91. The van der Waals surface area contributed by atoms with Crippen molar-refractivity contribution in [2.24, 2.45) is 5.73 Å². The van der Waals surface area contributed by atoms with Crippen LogP contribution in [0.4, 0.5) is 8.78 Å². The van der Waals surface area contributed by atoms with E-state index in [1.807, 2.05) is 0 Å². The molecule has 0 aliphatic rings. The minimum Gasteiger partial charge on any atom is -0.434 e. The van der Waals surface area contributed by atoms with Crippen molar-refractivity contribution >= 4 is 28.8 Å². The zero-order chi connectivity index (χ0) is 10.7. The molecule has 0 atom stereocenters. The molecule has 2 nitrogen and oxygen atoms in total. The standard InChI is InChI=1S/C8H6ClF2NOS/c9-4-1-2-6(13-8(10)11)5(3-4)7(12)14/h1-3,8H,(H2,12,14). The normalized spacial score (nSPS) is 10.3. The summed E-state index contributed by atoms with van der Waals surface area (Å²) in [7, 11) is 0. The van der Waals surface area contributed by atoms with E-state index in [1.54, 1.807) is 0 Å². The summed E-state index contributed by atoms with van der Waals surface area (Å²) in [5, 5.41) is 0.356. The van der Waals surface area contributed by atoms with Gasteiger partial charge in [-0.2, -0.15) is 8.78 Å². The van der Waals surface area contributed by atoms with Gasteiger partial charge in [0, 0.05) is 5.02 Å². The van der Waals surface area contributed by atoms with Gasteiger partial charge < -0.3 is 10.5 Å². The number of alkyl halides is 2. The highest BCUT2D eigenvalue weighted by atomic mass is 35.5. The second-order valence-electron chi connectivity index (χ2n) is 2.38. The van der Waals surface area contributed by atoms with Crippen LogP contribution in [0.3, 0.4) is 0 Å². The van der Waals surface area contributed by atoms with E-state index < -0.39 is 6.61 Å². The monoisotopic (exact) mass is 237 g/mol. The molecule has 14 heavy (non-hydrogen) atoms. The number of hydrogen-bond acceptors (Lipinski definition) is 2. The van der Waals surface area contributed by atoms with Crippen LogP contribution in [0, 0.1) is 0 Å². The van der Waals surface area contributed by atoms with Crippen molar-refractivity contribution in [3.8, 4) is 5.75 Å². The molecule has 6 heteroatoms. The molecule has 1 aromatic carbocycles. The third-order valence-electron chi connectivity index (χ3n) is 1.42. The van der Waals surface area contributed by atoms with E-state index in [-0.39, 0.29) is 16.3 Å². The number of thiocarbonyl (C=S) groups is 1. The molecule has 0 aliphatic heterocycles. The molecule has 0 spiro atoms. The predicted octanol–water partition coefficient (Wildman–Crippen LogP) is 2.58. The van der Waals surface area contributed by atoms with Gasteiger partial charge in [-0.1, -0.05) is 23.8 Å². The molecule has 0 radical (unpaired) electrons. The van der Waals surface area contributed by atoms with E-state index >= 15 is 0 Å². The lowest BCUT2D eigenvalue weighted by Crippen LogP contribution is -2.13. The average molecular weight is 238 g/mol. The summed E-state index contributed by atoms with van der Waals surface area (Å²) in [6, 6.07) is 4.09. The van der Waals surface area contributed by atoms with E-state index in [4.69, 9.17) is 17.3 Å². The molecular weight excluding hydrogens is 232 g/mol. The Morgan fingerprint density at radius 2 is 2.14 bits per heavy atom. The van der Waals surface area contributed by atoms with Gasteiger partial charge in [0.2, 0.25) is 0 Å². The molecule has 0 saturated carbocycles. The summed E-state index contributed by atoms with van der Waals surface area (Å²) in [6.07, 6.45) is 0. The van der Waals surface area contributed by atoms with Crippen LogP contribution in [0.15, 0.2) is 18.2 Å². The number of nitrogens with two attached hydrogens (primary N) is 1. The van der Waals surface area contributed by atoms with Crippen molar-refractivity contribution in [2.75, 3.05) is 0 Å². The van der Waals surface area contributed by atoms with Crippen LogP contribution in [-0.4, -0.2) is 11.6 Å². The molecule has 0 aliphatic carbocycles. The van der Waals surface area contributed by atoms with Crippen LogP contribution in [0.2, 0.25) is 5.02 Å². The van der Waals surface area contributed by atoms with E-state index in [9.17, 15) is 8.78 Å². The fraction of sp³-hybridized carbons (Fsp3) is 0.125. The zero-order valence-corrected chi connectivity index (χ0v) is 8.41. The van der Waals surface area contributed by atoms with Gasteiger partial charge in [-0.25, -0.2) is 0 Å². The maximum atomic E-state index is 11.9. The Bertz CT molecular complexity index is 359. The van der Waals surface area contributed by atoms with Gasteiger partial charge in [0.1, 0.15) is 10.7 Å². The van der Waals surface area contributed by atoms with Crippen LogP contribution >= 0.6 is 23.8 Å². The first kappa shape index (κ1) is 11.1. The fourth-order valence-corrected chi connectivity index (χ4v) is 1.23. The summed E-state index contributed by atoms with van der Waals surface area (Å²) < 4.78 is 28.1. The zero-order valence-electron chi connectivity index (χ0n) is 6.84. The number of halogens is 3. The molecule has 0 saturated heterocycles. The third kappa shape index (κ3) is 2.78. The van der Waals surface area contributed by atoms with Crippen LogP contribution < -0.4 is 10.5 Å². The Labute approximate surface area is 89.6 Å². The number of benzene rings is 1. The lowest BCUT2D eigenvalue weighted by atomic mass is 10.2. The quantitative estimate of drug-likeness (QED) is 0.821. The molecular formula is C8H6ClF2NOS. The third-order valence-corrected chi connectivity index (χ3v) is 1.88. The summed E-state index contributed by atoms with van der Waals surface area (Å²) >= 11 is 10.3. The highest BCUT2D eigenvalue weighted by Crippen LogP contribution is 2.24. The SMILES string of the molecule is NC(=S)c1cc(Cl)ccc1OC(F)F. The van der Waals surface area contributed by atoms with Gasteiger partial charge >= 0.3 is 6.61 Å². The highest BCUT2D eigenvalue weighted by molar-refractivity contribution is 7.80. The molecule has 0 bridgehead atoms. The summed E-state index contributed by atoms with van der Waals surface area (Å²) in [4.78, 5) is -0.0387. The molecule has 0 heterocycles. The van der Waals surface area contributed by atoms with Gasteiger partial charge in [-0.15, -0.1) is 0 Å². The molecule has 0 fully saturated rings. The Morgan fingerprint density at radius 3 is 2.64 bits per heavy atom. The Kier molecular flexibility index (Phi) is 3.60. The largest absolute Gasteiger partial charge is 0.434 e. The maximum Gasteiger partial charge on any atom is 0.387 e. The number of hydrogen-bond donors (Lipinski definition) is 1. The molecule has 0 amide bonds. The maximum absolute atomic E-state index is 11.9. The van der Waals surface area contributed by atoms with Gasteiger partial charge in [-0.05, 0) is 18.2 Å². The molecule has 1 rings (SSSR count). The lowest BCUT2D eigenvalue weighted by molar-refractivity contribution is -0.0499. The second kappa shape index (κ2) is 4.52. The highest BCUT2D eigenvalue weighted by Gasteiger charge is 2.11. The number of ether oxygens (including phenoxy) is 1. The Hall–Kier alpha value is -0.940. The molecule has 2 N–H and O–H groups in total. The van der Waals surface area contributed by atoms with Crippen LogP contribution in [0.5, 0.6) is 5.75 Å². The van der Waals surface area contributed by atoms with Crippen LogP contribution in [0.25, 0.3) is 0 Å². The van der Waals surface area contributed by atoms with Crippen LogP contribution in [0.1, 0.15) is 5.56 Å². The molecule has 1 aromatic rings. The second-order valence-corrected chi connectivity index (χ2v) is 3.26. The van der Waals surface area contributed by atoms with E-state index in [2.05, 4.69) is 17.0 Å².